The number of benzene rings is 1. The van der Waals surface area contributed by atoms with Crippen molar-refractivity contribution in [3.8, 4) is 0 Å². The van der Waals surface area contributed by atoms with Crippen LogP contribution in [0.15, 0.2) is 12.1 Å². The highest BCUT2D eigenvalue weighted by Gasteiger charge is 2.24. The summed E-state index contributed by atoms with van der Waals surface area (Å²) in [4.78, 5) is 22.1. The van der Waals surface area contributed by atoms with Crippen LogP contribution in [-0.4, -0.2) is 17.4 Å². The van der Waals surface area contributed by atoms with Gasteiger partial charge in [0.2, 0.25) is 5.91 Å². The van der Waals surface area contributed by atoms with E-state index in [0.717, 1.165) is 0 Å². The highest BCUT2D eigenvalue weighted by molar-refractivity contribution is 6.00. The average molecular weight is 277 g/mol. The molecule has 0 spiro atoms. The highest BCUT2D eigenvalue weighted by atomic mass is 16.6. The number of nitro groups is 1. The van der Waals surface area contributed by atoms with Gasteiger partial charge in [0, 0.05) is 18.3 Å². The number of nitrogens with one attached hydrogen (secondary N) is 2. The minimum atomic E-state index is -0.411. The number of anilines is 2. The van der Waals surface area contributed by atoms with Gasteiger partial charge in [-0.25, -0.2) is 0 Å². The zero-order valence-electron chi connectivity index (χ0n) is 11.9. The fraction of sp³-hybridized carbons (Fsp3) is 0.500. The molecule has 1 atom stereocenters. The van der Waals surface area contributed by atoms with Gasteiger partial charge in [0.15, 0.2) is 0 Å². The number of hydrogen-bond donors (Lipinski definition) is 2. The van der Waals surface area contributed by atoms with Crippen molar-refractivity contribution >= 4 is 23.0 Å². The molecule has 0 fully saturated rings. The first-order chi connectivity index (χ1) is 9.38. The van der Waals surface area contributed by atoms with E-state index < -0.39 is 4.92 Å². The Labute approximate surface area is 117 Å². The van der Waals surface area contributed by atoms with Crippen LogP contribution in [0.4, 0.5) is 17.1 Å². The van der Waals surface area contributed by atoms with Crippen molar-refractivity contribution in [2.45, 2.75) is 27.2 Å². The summed E-state index contributed by atoms with van der Waals surface area (Å²) in [5.74, 6) is 0.773. The molecule has 0 aromatic heterocycles. The van der Waals surface area contributed by atoms with Gasteiger partial charge >= 0.3 is 0 Å². The van der Waals surface area contributed by atoms with Crippen LogP contribution in [0.2, 0.25) is 0 Å². The van der Waals surface area contributed by atoms with Crippen molar-refractivity contribution in [2.24, 2.45) is 11.8 Å². The van der Waals surface area contributed by atoms with E-state index in [1.54, 1.807) is 6.07 Å². The predicted molar refractivity (Wildman–Crippen MR) is 77.9 cm³/mol. The summed E-state index contributed by atoms with van der Waals surface area (Å²) in [7, 11) is 0. The Morgan fingerprint density at radius 1 is 1.40 bits per heavy atom. The minimum Gasteiger partial charge on any atom is -0.379 e. The van der Waals surface area contributed by atoms with Gasteiger partial charge in [0.05, 0.1) is 11.3 Å². The summed E-state index contributed by atoms with van der Waals surface area (Å²) in [6.45, 7) is 6.98. The van der Waals surface area contributed by atoms with Crippen LogP contribution in [-0.2, 0) is 11.2 Å². The minimum absolute atomic E-state index is 0.0243. The number of rotatable bonds is 5. The van der Waals surface area contributed by atoms with E-state index in [4.69, 9.17) is 0 Å². The molecule has 1 unspecified atom stereocenters. The fourth-order valence-corrected chi connectivity index (χ4v) is 2.06. The Balaban J connectivity index is 2.25. The van der Waals surface area contributed by atoms with Gasteiger partial charge in [-0.2, -0.15) is 0 Å². The first-order valence-electron chi connectivity index (χ1n) is 6.73. The first-order valence-corrected chi connectivity index (χ1v) is 6.73. The lowest BCUT2D eigenvalue weighted by Gasteiger charge is -2.17. The second-order valence-electron chi connectivity index (χ2n) is 5.61. The molecule has 0 radical (unpaired) electrons. The maximum Gasteiger partial charge on any atom is 0.292 e. The zero-order chi connectivity index (χ0) is 14.9. The molecule has 1 aliphatic rings. The lowest BCUT2D eigenvalue weighted by Crippen LogP contribution is -2.17. The van der Waals surface area contributed by atoms with Gasteiger partial charge in [-0.3, -0.25) is 14.9 Å². The molecule has 20 heavy (non-hydrogen) atoms. The van der Waals surface area contributed by atoms with Crippen LogP contribution in [0.1, 0.15) is 26.3 Å². The maximum absolute atomic E-state index is 11.3. The van der Waals surface area contributed by atoms with Crippen molar-refractivity contribution in [2.75, 3.05) is 17.2 Å². The van der Waals surface area contributed by atoms with Gasteiger partial charge in [0.25, 0.3) is 5.69 Å². The third kappa shape index (κ3) is 2.89. The second kappa shape index (κ2) is 5.48. The van der Waals surface area contributed by atoms with Crippen LogP contribution in [0.3, 0.4) is 0 Å². The first kappa shape index (κ1) is 14.3. The standard InChI is InChI=1S/C14H19N3O3/c1-8(2)9(3)7-15-12-6-11-10(5-14(18)16-11)4-13(12)17(19)20/h4,6,8-9,15H,5,7H2,1-3H3,(H,16,18). The van der Waals surface area contributed by atoms with Crippen molar-refractivity contribution in [1.29, 1.82) is 0 Å². The average Bonchev–Trinajstić information content (AvgIpc) is 2.73. The normalized spacial score (nSPS) is 14.9. The van der Waals surface area contributed by atoms with Gasteiger partial charge in [-0.15, -0.1) is 0 Å². The molecule has 0 aliphatic carbocycles. The Hall–Kier alpha value is -2.11. The smallest absolute Gasteiger partial charge is 0.292 e. The molecular formula is C14H19N3O3. The van der Waals surface area contributed by atoms with E-state index in [2.05, 4.69) is 31.4 Å². The van der Waals surface area contributed by atoms with Crippen LogP contribution in [0, 0.1) is 22.0 Å². The predicted octanol–water partition coefficient (Wildman–Crippen LogP) is 2.79. The van der Waals surface area contributed by atoms with E-state index in [9.17, 15) is 14.9 Å². The molecule has 108 valence electrons. The van der Waals surface area contributed by atoms with E-state index in [-0.39, 0.29) is 18.0 Å². The van der Waals surface area contributed by atoms with Gasteiger partial charge in [0.1, 0.15) is 5.69 Å². The Bertz CT molecular complexity index is 555. The number of carbonyl (C=O) groups excluding carboxylic acids is 1. The van der Waals surface area contributed by atoms with Crippen LogP contribution >= 0.6 is 0 Å². The number of nitrogens with zero attached hydrogens (tertiary/aromatic N) is 1. The third-order valence-electron chi connectivity index (χ3n) is 3.80. The maximum atomic E-state index is 11.3. The summed E-state index contributed by atoms with van der Waals surface area (Å²) in [6.07, 6.45) is 0.207. The summed E-state index contributed by atoms with van der Waals surface area (Å²) < 4.78 is 0. The van der Waals surface area contributed by atoms with Gasteiger partial charge < -0.3 is 10.6 Å². The largest absolute Gasteiger partial charge is 0.379 e. The molecule has 1 aromatic carbocycles. The van der Waals surface area contributed by atoms with E-state index >= 15 is 0 Å². The SMILES string of the molecule is CC(C)C(C)CNc1cc2c(cc1[N+](=O)[O-])CC(=O)N2. The fourth-order valence-electron chi connectivity index (χ4n) is 2.06. The molecule has 0 saturated carbocycles. The summed E-state index contributed by atoms with van der Waals surface area (Å²) in [5, 5.41) is 17.0. The summed E-state index contributed by atoms with van der Waals surface area (Å²) in [6, 6.07) is 3.14. The molecule has 1 aromatic rings. The molecule has 6 heteroatoms. The summed E-state index contributed by atoms with van der Waals surface area (Å²) >= 11 is 0. The highest BCUT2D eigenvalue weighted by Crippen LogP contribution is 2.34. The molecule has 6 nitrogen and oxygen atoms in total. The molecular weight excluding hydrogens is 258 g/mol. The van der Waals surface area contributed by atoms with Crippen LogP contribution < -0.4 is 10.6 Å². The number of nitro benzene ring substituents is 1. The molecule has 2 N–H and O–H groups in total. The third-order valence-corrected chi connectivity index (χ3v) is 3.80. The number of carbonyl (C=O) groups is 1. The Morgan fingerprint density at radius 3 is 2.70 bits per heavy atom. The van der Waals surface area contributed by atoms with Crippen LogP contribution in [0.25, 0.3) is 0 Å². The molecule has 1 heterocycles. The van der Waals surface area contributed by atoms with E-state index in [1.165, 1.54) is 6.07 Å². The second-order valence-corrected chi connectivity index (χ2v) is 5.61. The lowest BCUT2D eigenvalue weighted by molar-refractivity contribution is -0.384. The molecule has 2 rings (SSSR count). The van der Waals surface area contributed by atoms with Crippen molar-refractivity contribution in [1.82, 2.24) is 0 Å². The van der Waals surface area contributed by atoms with E-state index in [1.807, 2.05) is 0 Å². The molecule has 1 amide bonds. The van der Waals surface area contributed by atoms with Gasteiger partial charge in [-0.05, 0) is 23.5 Å². The molecule has 0 saturated heterocycles. The number of amides is 1. The van der Waals surface area contributed by atoms with Crippen molar-refractivity contribution in [3.63, 3.8) is 0 Å². The van der Waals surface area contributed by atoms with Crippen molar-refractivity contribution < 1.29 is 9.72 Å². The van der Waals surface area contributed by atoms with E-state index in [0.29, 0.717) is 35.3 Å². The molecule has 0 bridgehead atoms. The van der Waals surface area contributed by atoms with Gasteiger partial charge in [-0.1, -0.05) is 20.8 Å². The summed E-state index contributed by atoms with van der Waals surface area (Å²) in [5.41, 5.74) is 1.84. The Kier molecular flexibility index (Phi) is 3.92. The van der Waals surface area contributed by atoms with Crippen molar-refractivity contribution in [3.05, 3.63) is 27.8 Å². The lowest BCUT2D eigenvalue weighted by atomic mass is 9.98. The topological polar surface area (TPSA) is 84.3 Å². The van der Waals surface area contributed by atoms with Crippen LogP contribution in [0.5, 0.6) is 0 Å². The zero-order valence-corrected chi connectivity index (χ0v) is 11.9. The monoisotopic (exact) mass is 277 g/mol. The number of hydrogen-bond acceptors (Lipinski definition) is 4. The number of fused-ring (bicyclic) bond motifs is 1. The molecule has 1 aliphatic heterocycles. The quantitative estimate of drug-likeness (QED) is 0.640. The Morgan fingerprint density at radius 2 is 2.10 bits per heavy atom.